The number of halogens is 3. The maximum absolute atomic E-state index is 10.7. The molecule has 5 N–H and O–H groups in total. The molecule has 0 unspecified atom stereocenters. The second-order valence-corrected chi connectivity index (χ2v) is 3.79. The Bertz CT molecular complexity index is 237. The monoisotopic (exact) mass is 238 g/mol. The van der Waals surface area contributed by atoms with Crippen LogP contribution in [0.3, 0.4) is 0 Å². The summed E-state index contributed by atoms with van der Waals surface area (Å²) in [4.78, 5) is 0. The molecule has 0 aromatic carbocycles. The highest BCUT2D eigenvalue weighted by Gasteiger charge is 2.44. The van der Waals surface area contributed by atoms with Crippen molar-refractivity contribution in [2.45, 2.75) is 31.4 Å². The van der Waals surface area contributed by atoms with Crippen molar-refractivity contribution in [3.05, 3.63) is 0 Å². The highest BCUT2D eigenvalue weighted by atomic mass is 32.2. The number of hydrogen-bond donors (Lipinski definition) is 3. The standard InChI is InChI=1S/C4H12N2.CHF3O3S/c1-2-3-4(5)6;2-1(3,4)8(5,6)7/h4H,2-3,5-6H2,1H3;(H,5,6,7). The molecule has 0 saturated carbocycles. The zero-order chi connectivity index (χ0) is 12.0. The molecule has 0 rings (SSSR count). The Kier molecular flexibility index (Phi) is 7.08. The molecule has 0 fully saturated rings. The van der Waals surface area contributed by atoms with Crippen LogP contribution in [0, 0.1) is 0 Å². The first-order chi connectivity index (χ1) is 6.02. The minimum absolute atomic E-state index is 0.102. The highest BCUT2D eigenvalue weighted by molar-refractivity contribution is 7.86. The number of alkyl halides is 3. The average molecular weight is 238 g/mol. The van der Waals surface area contributed by atoms with E-state index in [4.69, 9.17) is 24.4 Å². The zero-order valence-electron chi connectivity index (χ0n) is 7.45. The molecular weight excluding hydrogens is 225 g/mol. The largest absolute Gasteiger partial charge is 0.522 e. The highest BCUT2D eigenvalue weighted by Crippen LogP contribution is 2.20. The van der Waals surface area contributed by atoms with Crippen LogP contribution in [-0.4, -0.2) is 24.6 Å². The number of hydrogen-bond acceptors (Lipinski definition) is 4. The van der Waals surface area contributed by atoms with E-state index >= 15 is 0 Å². The van der Waals surface area contributed by atoms with E-state index in [2.05, 4.69) is 6.92 Å². The molecule has 0 aliphatic rings. The minimum Gasteiger partial charge on any atom is -0.316 e. The second kappa shape index (κ2) is 6.17. The fraction of sp³-hybridized carbons (Fsp3) is 1.00. The van der Waals surface area contributed by atoms with Crippen LogP contribution in [0.1, 0.15) is 19.8 Å². The maximum atomic E-state index is 10.7. The third-order valence-electron chi connectivity index (χ3n) is 0.915. The van der Waals surface area contributed by atoms with Crippen molar-refractivity contribution in [1.82, 2.24) is 0 Å². The van der Waals surface area contributed by atoms with E-state index in [0.29, 0.717) is 0 Å². The van der Waals surface area contributed by atoms with Crippen molar-refractivity contribution in [3.63, 3.8) is 0 Å². The molecule has 0 aromatic rings. The molecule has 5 nitrogen and oxygen atoms in total. The summed E-state index contributed by atoms with van der Waals surface area (Å²) in [5.74, 6) is 0. The van der Waals surface area contributed by atoms with Crippen molar-refractivity contribution < 1.29 is 26.1 Å². The lowest BCUT2D eigenvalue weighted by Crippen LogP contribution is -2.29. The van der Waals surface area contributed by atoms with Crippen LogP contribution in [0.15, 0.2) is 0 Å². The molecule has 0 heterocycles. The summed E-state index contributed by atoms with van der Waals surface area (Å²) < 4.78 is 57.5. The third-order valence-corrected chi connectivity index (χ3v) is 1.50. The molecule has 0 aliphatic carbocycles. The fourth-order valence-corrected chi connectivity index (χ4v) is 0.333. The lowest BCUT2D eigenvalue weighted by atomic mass is 10.3. The molecule has 0 aromatic heterocycles. The first-order valence-corrected chi connectivity index (χ1v) is 5.01. The van der Waals surface area contributed by atoms with Gasteiger partial charge in [-0.25, -0.2) is 0 Å². The van der Waals surface area contributed by atoms with E-state index in [9.17, 15) is 13.2 Å². The summed E-state index contributed by atoms with van der Waals surface area (Å²) in [5, 5.41) is 0. The van der Waals surface area contributed by atoms with E-state index in [0.717, 1.165) is 12.8 Å². The Hall–Kier alpha value is -0.380. The van der Waals surface area contributed by atoms with Crippen LogP contribution in [-0.2, 0) is 10.1 Å². The van der Waals surface area contributed by atoms with Gasteiger partial charge < -0.3 is 11.5 Å². The smallest absolute Gasteiger partial charge is 0.316 e. The van der Waals surface area contributed by atoms with Crippen LogP contribution < -0.4 is 11.5 Å². The molecule has 0 atom stereocenters. The normalized spacial score (nSPS) is 12.3. The average Bonchev–Trinajstić information content (AvgIpc) is 1.82. The van der Waals surface area contributed by atoms with E-state index in [1.165, 1.54) is 0 Å². The van der Waals surface area contributed by atoms with Crippen molar-refractivity contribution in [2.75, 3.05) is 0 Å². The van der Waals surface area contributed by atoms with Gasteiger partial charge in [0.15, 0.2) is 0 Å². The molecule has 9 heteroatoms. The fourth-order valence-electron chi connectivity index (χ4n) is 0.333. The lowest BCUT2D eigenvalue weighted by molar-refractivity contribution is -0.0510. The third kappa shape index (κ3) is 9.71. The Labute approximate surface area is 80.0 Å². The molecule has 0 spiro atoms. The predicted molar refractivity (Wildman–Crippen MR) is 44.7 cm³/mol. The zero-order valence-corrected chi connectivity index (χ0v) is 8.27. The van der Waals surface area contributed by atoms with Crippen LogP contribution in [0.5, 0.6) is 0 Å². The summed E-state index contributed by atoms with van der Waals surface area (Å²) in [6, 6.07) is 0. The summed E-state index contributed by atoms with van der Waals surface area (Å²) in [7, 11) is -5.84. The number of nitrogens with two attached hydrogens (primary N) is 2. The van der Waals surface area contributed by atoms with E-state index in [-0.39, 0.29) is 6.17 Å². The maximum Gasteiger partial charge on any atom is 0.522 e. The van der Waals surface area contributed by atoms with Gasteiger partial charge in [-0.05, 0) is 6.42 Å². The summed E-state index contributed by atoms with van der Waals surface area (Å²) in [5.41, 5.74) is 4.83. The van der Waals surface area contributed by atoms with Crippen molar-refractivity contribution in [1.29, 1.82) is 0 Å². The van der Waals surface area contributed by atoms with E-state index in [1.54, 1.807) is 0 Å². The van der Waals surface area contributed by atoms with Gasteiger partial charge in [-0.1, -0.05) is 13.3 Å². The lowest BCUT2D eigenvalue weighted by Gasteiger charge is -1.97. The van der Waals surface area contributed by atoms with Crippen molar-refractivity contribution >= 4 is 10.1 Å². The second-order valence-electron chi connectivity index (χ2n) is 2.37. The van der Waals surface area contributed by atoms with Gasteiger partial charge in [0.25, 0.3) is 0 Å². The van der Waals surface area contributed by atoms with Gasteiger partial charge in [-0.3, -0.25) is 4.55 Å². The molecule has 0 amide bonds. The Balaban J connectivity index is 0. The van der Waals surface area contributed by atoms with Crippen LogP contribution in [0.2, 0.25) is 0 Å². The predicted octanol–water partition coefficient (Wildman–Crippen LogP) is 0.424. The van der Waals surface area contributed by atoms with Crippen LogP contribution >= 0.6 is 0 Å². The van der Waals surface area contributed by atoms with Gasteiger partial charge in [0.2, 0.25) is 0 Å². The van der Waals surface area contributed by atoms with Gasteiger partial charge >= 0.3 is 15.6 Å². The minimum atomic E-state index is -5.84. The van der Waals surface area contributed by atoms with E-state index in [1.807, 2.05) is 0 Å². The van der Waals surface area contributed by atoms with Gasteiger partial charge in [0.05, 0.1) is 6.17 Å². The molecule has 0 saturated heterocycles. The molecule has 0 bridgehead atoms. The van der Waals surface area contributed by atoms with Crippen LogP contribution in [0.4, 0.5) is 13.2 Å². The van der Waals surface area contributed by atoms with Crippen LogP contribution in [0.25, 0.3) is 0 Å². The number of rotatable bonds is 2. The topological polar surface area (TPSA) is 106 Å². The van der Waals surface area contributed by atoms with Crippen molar-refractivity contribution in [3.8, 4) is 0 Å². The van der Waals surface area contributed by atoms with Crippen molar-refractivity contribution in [2.24, 2.45) is 11.5 Å². The molecule has 88 valence electrons. The molecule has 0 aliphatic heterocycles. The molecular formula is C5H13F3N2O3S. The van der Waals surface area contributed by atoms with Gasteiger partial charge in [0.1, 0.15) is 0 Å². The SMILES string of the molecule is CCCC(N)N.O=S(=O)(O)C(F)(F)F. The first-order valence-electron chi connectivity index (χ1n) is 3.57. The van der Waals surface area contributed by atoms with Gasteiger partial charge in [0, 0.05) is 0 Å². The summed E-state index contributed by atoms with van der Waals surface area (Å²) in [6.45, 7) is 2.06. The van der Waals surface area contributed by atoms with Gasteiger partial charge in [-0.15, -0.1) is 0 Å². The summed E-state index contributed by atoms with van der Waals surface area (Å²) >= 11 is 0. The Morgan fingerprint density at radius 3 is 1.64 bits per heavy atom. The first kappa shape index (κ1) is 16.1. The summed E-state index contributed by atoms with van der Waals surface area (Å²) in [6.07, 6.45) is 1.91. The molecule has 14 heavy (non-hydrogen) atoms. The molecule has 0 radical (unpaired) electrons. The van der Waals surface area contributed by atoms with E-state index < -0.39 is 15.6 Å². The Morgan fingerprint density at radius 1 is 1.36 bits per heavy atom. The quantitative estimate of drug-likeness (QED) is 0.367. The van der Waals surface area contributed by atoms with Gasteiger partial charge in [-0.2, -0.15) is 21.6 Å². The Morgan fingerprint density at radius 2 is 1.64 bits per heavy atom.